The standard InChI is InChI=1S/C12H16FNO2/c1-11(2,12(3,14)10(15)16)8-5-4-6-9(13)7-8/h4-7H,14H2,1-3H3,(H,15,16). The van der Waals surface area contributed by atoms with Gasteiger partial charge >= 0.3 is 5.97 Å². The lowest BCUT2D eigenvalue weighted by molar-refractivity contribution is -0.145. The van der Waals surface area contributed by atoms with Gasteiger partial charge in [0.1, 0.15) is 11.4 Å². The lowest BCUT2D eigenvalue weighted by Gasteiger charge is -2.38. The number of carboxylic acid groups (broad SMARTS) is 1. The monoisotopic (exact) mass is 225 g/mol. The number of hydrogen-bond acceptors (Lipinski definition) is 2. The summed E-state index contributed by atoms with van der Waals surface area (Å²) >= 11 is 0. The molecule has 1 rings (SSSR count). The summed E-state index contributed by atoms with van der Waals surface area (Å²) in [5.74, 6) is -1.51. The van der Waals surface area contributed by atoms with E-state index >= 15 is 0 Å². The van der Waals surface area contributed by atoms with Crippen LogP contribution in [0.25, 0.3) is 0 Å². The summed E-state index contributed by atoms with van der Waals surface area (Å²) in [5, 5.41) is 9.09. The molecule has 0 saturated carbocycles. The molecule has 0 aliphatic carbocycles. The minimum absolute atomic E-state index is 0.397. The van der Waals surface area contributed by atoms with Gasteiger partial charge in [0, 0.05) is 5.41 Å². The average Bonchev–Trinajstić information content (AvgIpc) is 2.17. The molecule has 88 valence electrons. The Kier molecular flexibility index (Phi) is 3.06. The SMILES string of the molecule is CC(N)(C(=O)O)C(C)(C)c1cccc(F)c1. The van der Waals surface area contributed by atoms with Crippen LogP contribution in [0.2, 0.25) is 0 Å². The summed E-state index contributed by atoms with van der Waals surface area (Å²) in [6, 6.07) is 5.85. The molecule has 0 radical (unpaired) electrons. The van der Waals surface area contributed by atoms with E-state index in [4.69, 9.17) is 10.8 Å². The fourth-order valence-corrected chi connectivity index (χ4v) is 1.44. The van der Waals surface area contributed by atoms with Crippen LogP contribution in [0, 0.1) is 5.82 Å². The molecule has 16 heavy (non-hydrogen) atoms. The van der Waals surface area contributed by atoms with Crippen molar-refractivity contribution in [3.63, 3.8) is 0 Å². The first kappa shape index (κ1) is 12.6. The highest BCUT2D eigenvalue weighted by Gasteiger charge is 2.45. The van der Waals surface area contributed by atoms with Crippen LogP contribution in [0.1, 0.15) is 26.3 Å². The van der Waals surface area contributed by atoms with Crippen molar-refractivity contribution in [2.45, 2.75) is 31.7 Å². The number of aliphatic carboxylic acids is 1. The quantitative estimate of drug-likeness (QED) is 0.825. The Bertz CT molecular complexity index is 413. The van der Waals surface area contributed by atoms with Crippen molar-refractivity contribution in [1.82, 2.24) is 0 Å². The van der Waals surface area contributed by atoms with Crippen LogP contribution in [-0.4, -0.2) is 16.6 Å². The molecule has 0 heterocycles. The zero-order chi connectivity index (χ0) is 12.6. The van der Waals surface area contributed by atoms with Gasteiger partial charge in [-0.1, -0.05) is 26.0 Å². The third kappa shape index (κ3) is 1.93. The van der Waals surface area contributed by atoms with Crippen molar-refractivity contribution in [1.29, 1.82) is 0 Å². The number of hydrogen-bond donors (Lipinski definition) is 2. The van der Waals surface area contributed by atoms with Gasteiger partial charge in [-0.05, 0) is 24.6 Å². The van der Waals surface area contributed by atoms with E-state index in [0.717, 1.165) is 0 Å². The predicted molar refractivity (Wildman–Crippen MR) is 59.7 cm³/mol. The minimum Gasteiger partial charge on any atom is -0.480 e. The van der Waals surface area contributed by atoms with Gasteiger partial charge in [0.2, 0.25) is 0 Å². The van der Waals surface area contributed by atoms with Crippen LogP contribution in [0.5, 0.6) is 0 Å². The van der Waals surface area contributed by atoms with Crippen molar-refractivity contribution in [3.05, 3.63) is 35.6 Å². The molecular formula is C12H16FNO2. The van der Waals surface area contributed by atoms with Crippen LogP contribution in [-0.2, 0) is 10.2 Å². The maximum Gasteiger partial charge on any atom is 0.324 e. The maximum absolute atomic E-state index is 13.1. The third-order valence-corrected chi connectivity index (χ3v) is 3.29. The van der Waals surface area contributed by atoms with E-state index in [1.165, 1.54) is 19.1 Å². The molecule has 1 aromatic carbocycles. The van der Waals surface area contributed by atoms with Gasteiger partial charge in [0.05, 0.1) is 0 Å². The highest BCUT2D eigenvalue weighted by Crippen LogP contribution is 2.33. The topological polar surface area (TPSA) is 63.3 Å². The smallest absolute Gasteiger partial charge is 0.324 e. The molecule has 0 spiro atoms. The lowest BCUT2D eigenvalue weighted by atomic mass is 9.69. The van der Waals surface area contributed by atoms with Gasteiger partial charge < -0.3 is 10.8 Å². The summed E-state index contributed by atoms with van der Waals surface area (Å²) in [5.41, 5.74) is 4.05. The molecule has 1 aromatic rings. The Morgan fingerprint density at radius 3 is 2.38 bits per heavy atom. The van der Waals surface area contributed by atoms with Crippen LogP contribution >= 0.6 is 0 Å². The largest absolute Gasteiger partial charge is 0.480 e. The van der Waals surface area contributed by atoms with Crippen molar-refractivity contribution in [2.75, 3.05) is 0 Å². The second kappa shape index (κ2) is 3.87. The van der Waals surface area contributed by atoms with Crippen molar-refractivity contribution >= 4 is 5.97 Å². The molecule has 3 N–H and O–H groups in total. The molecule has 0 fully saturated rings. The fourth-order valence-electron chi connectivity index (χ4n) is 1.44. The number of rotatable bonds is 3. The molecule has 0 aliphatic rings. The van der Waals surface area contributed by atoms with Crippen LogP contribution < -0.4 is 5.73 Å². The molecule has 0 aliphatic heterocycles. The van der Waals surface area contributed by atoms with Crippen LogP contribution in [0.3, 0.4) is 0 Å². The second-order valence-corrected chi connectivity index (χ2v) is 4.64. The zero-order valence-electron chi connectivity index (χ0n) is 9.62. The fraction of sp³-hybridized carbons (Fsp3) is 0.417. The predicted octanol–water partition coefficient (Wildman–Crippen LogP) is 1.91. The Morgan fingerprint density at radius 1 is 1.38 bits per heavy atom. The first-order valence-electron chi connectivity index (χ1n) is 4.98. The summed E-state index contributed by atoms with van der Waals surface area (Å²) < 4.78 is 13.1. The average molecular weight is 225 g/mol. The van der Waals surface area contributed by atoms with Crippen molar-refractivity contribution < 1.29 is 14.3 Å². The highest BCUT2D eigenvalue weighted by atomic mass is 19.1. The summed E-state index contributed by atoms with van der Waals surface area (Å²) in [6.07, 6.45) is 0. The Balaban J connectivity index is 3.26. The number of carboxylic acids is 1. The Hall–Kier alpha value is -1.42. The first-order chi connectivity index (χ1) is 7.19. The van der Waals surface area contributed by atoms with E-state index in [9.17, 15) is 9.18 Å². The molecule has 1 unspecified atom stereocenters. The van der Waals surface area contributed by atoms with Crippen molar-refractivity contribution in [3.8, 4) is 0 Å². The van der Waals surface area contributed by atoms with E-state index in [1.54, 1.807) is 26.0 Å². The van der Waals surface area contributed by atoms with E-state index in [1.807, 2.05) is 0 Å². The lowest BCUT2D eigenvalue weighted by Crippen LogP contribution is -2.58. The molecule has 0 bridgehead atoms. The molecule has 4 heteroatoms. The van der Waals surface area contributed by atoms with Gasteiger partial charge in [-0.3, -0.25) is 4.79 Å². The second-order valence-electron chi connectivity index (χ2n) is 4.64. The molecule has 0 saturated heterocycles. The number of carbonyl (C=O) groups is 1. The maximum atomic E-state index is 13.1. The molecule has 3 nitrogen and oxygen atoms in total. The third-order valence-electron chi connectivity index (χ3n) is 3.29. The van der Waals surface area contributed by atoms with Gasteiger partial charge in [-0.2, -0.15) is 0 Å². The summed E-state index contributed by atoms with van der Waals surface area (Å²) in [4.78, 5) is 11.1. The Labute approximate surface area is 94.1 Å². The molecule has 1 atom stereocenters. The van der Waals surface area contributed by atoms with Gasteiger partial charge in [-0.25, -0.2) is 4.39 Å². The van der Waals surface area contributed by atoms with Gasteiger partial charge in [-0.15, -0.1) is 0 Å². The van der Waals surface area contributed by atoms with E-state index < -0.39 is 22.7 Å². The number of nitrogens with two attached hydrogens (primary N) is 1. The summed E-state index contributed by atoms with van der Waals surface area (Å²) in [7, 11) is 0. The van der Waals surface area contributed by atoms with Crippen LogP contribution in [0.15, 0.2) is 24.3 Å². The van der Waals surface area contributed by atoms with Crippen molar-refractivity contribution in [2.24, 2.45) is 5.73 Å². The number of halogens is 1. The van der Waals surface area contributed by atoms with E-state index in [0.29, 0.717) is 5.56 Å². The van der Waals surface area contributed by atoms with Crippen LogP contribution in [0.4, 0.5) is 4.39 Å². The van der Waals surface area contributed by atoms with Gasteiger partial charge in [0.25, 0.3) is 0 Å². The summed E-state index contributed by atoms with van der Waals surface area (Å²) in [6.45, 7) is 4.81. The Morgan fingerprint density at radius 2 is 1.94 bits per heavy atom. The van der Waals surface area contributed by atoms with E-state index in [-0.39, 0.29) is 0 Å². The highest BCUT2D eigenvalue weighted by molar-refractivity contribution is 5.80. The normalized spacial score (nSPS) is 15.6. The van der Waals surface area contributed by atoms with E-state index in [2.05, 4.69) is 0 Å². The molecule has 0 amide bonds. The minimum atomic E-state index is -1.46. The number of benzene rings is 1. The molecule has 0 aromatic heterocycles. The van der Waals surface area contributed by atoms with Gasteiger partial charge in [0.15, 0.2) is 0 Å². The molecular weight excluding hydrogens is 209 g/mol. The zero-order valence-corrected chi connectivity index (χ0v) is 9.62. The first-order valence-corrected chi connectivity index (χ1v) is 4.98.